The summed E-state index contributed by atoms with van der Waals surface area (Å²) in [6.45, 7) is 9.12. The Labute approximate surface area is 215 Å². The molecular weight excluding hydrogens is 495 g/mol. The maximum Gasteiger partial charge on any atom is 0.228 e. The molecule has 4 aromatic rings. The van der Waals surface area contributed by atoms with Gasteiger partial charge in [-0.2, -0.15) is 5.10 Å². The molecule has 0 aliphatic heterocycles. The SMILES string of the molecule is CCS(=O)(=O)c1ccc2nccc(Oc3ccc(CC(=O)Nc4cnn(C(C)(C)C)c4)c(F)c3C)c2c1. The average Bonchev–Trinajstić information content (AvgIpc) is 3.32. The van der Waals surface area contributed by atoms with Crippen LogP contribution in [0.2, 0.25) is 0 Å². The topological polar surface area (TPSA) is 103 Å². The predicted molar refractivity (Wildman–Crippen MR) is 140 cm³/mol. The van der Waals surface area contributed by atoms with Gasteiger partial charge < -0.3 is 10.1 Å². The van der Waals surface area contributed by atoms with Crippen molar-refractivity contribution in [2.75, 3.05) is 11.1 Å². The number of benzene rings is 2. The van der Waals surface area contributed by atoms with Crippen LogP contribution < -0.4 is 10.1 Å². The van der Waals surface area contributed by atoms with Gasteiger partial charge in [0.25, 0.3) is 0 Å². The van der Waals surface area contributed by atoms with Crippen LogP contribution in [-0.2, 0) is 26.6 Å². The molecule has 0 aliphatic rings. The second-order valence-electron chi connectivity index (χ2n) is 9.72. The lowest BCUT2D eigenvalue weighted by molar-refractivity contribution is -0.115. The maximum atomic E-state index is 15.2. The van der Waals surface area contributed by atoms with Crippen LogP contribution in [0.1, 0.15) is 38.8 Å². The Balaban J connectivity index is 1.56. The fraction of sp³-hybridized carbons (Fsp3) is 0.296. The van der Waals surface area contributed by atoms with Gasteiger partial charge in [0, 0.05) is 23.3 Å². The molecule has 0 bridgehead atoms. The summed E-state index contributed by atoms with van der Waals surface area (Å²) in [5.41, 5.74) is 1.31. The summed E-state index contributed by atoms with van der Waals surface area (Å²) in [6, 6.07) is 9.34. The van der Waals surface area contributed by atoms with Crippen LogP contribution in [-0.4, -0.2) is 34.8 Å². The first-order chi connectivity index (χ1) is 17.4. The van der Waals surface area contributed by atoms with E-state index in [0.29, 0.717) is 22.3 Å². The third kappa shape index (κ3) is 5.64. The molecule has 0 aliphatic carbocycles. The van der Waals surface area contributed by atoms with Crippen LogP contribution in [0.3, 0.4) is 0 Å². The highest BCUT2D eigenvalue weighted by Crippen LogP contribution is 2.34. The molecule has 0 spiro atoms. The molecule has 194 valence electrons. The van der Waals surface area contributed by atoms with Gasteiger partial charge in [-0.3, -0.25) is 14.5 Å². The molecule has 0 atom stereocenters. The summed E-state index contributed by atoms with van der Waals surface area (Å²) in [4.78, 5) is 17.0. The number of carbonyl (C=O) groups excluding carboxylic acids is 1. The molecule has 0 saturated carbocycles. The van der Waals surface area contributed by atoms with E-state index in [-0.39, 0.29) is 45.4 Å². The number of amides is 1. The van der Waals surface area contributed by atoms with Gasteiger partial charge in [-0.1, -0.05) is 13.0 Å². The van der Waals surface area contributed by atoms with Crippen molar-refractivity contribution in [3.8, 4) is 11.5 Å². The Morgan fingerprint density at radius 3 is 2.57 bits per heavy atom. The van der Waals surface area contributed by atoms with Crippen molar-refractivity contribution in [1.82, 2.24) is 14.8 Å². The minimum atomic E-state index is -3.43. The number of halogens is 1. The van der Waals surface area contributed by atoms with Crippen molar-refractivity contribution < 1.29 is 22.3 Å². The van der Waals surface area contributed by atoms with Gasteiger partial charge in [0.2, 0.25) is 5.91 Å². The standard InChI is InChI=1S/C27H29FN4O4S/c1-6-37(34,35)20-8-9-22-21(14-20)24(11-12-29-22)36-23-10-7-18(26(28)17(23)2)13-25(33)31-19-15-30-32(16-19)27(3,4)5/h7-12,14-16H,6,13H2,1-5H3,(H,31,33). The van der Waals surface area contributed by atoms with Gasteiger partial charge in [-0.15, -0.1) is 0 Å². The van der Waals surface area contributed by atoms with Crippen LogP contribution in [0, 0.1) is 12.7 Å². The van der Waals surface area contributed by atoms with Gasteiger partial charge in [0.1, 0.15) is 17.3 Å². The third-order valence-electron chi connectivity index (χ3n) is 5.95. The first-order valence-corrected chi connectivity index (χ1v) is 13.5. The predicted octanol–water partition coefficient (Wildman–Crippen LogP) is 5.40. The first kappa shape index (κ1) is 26.3. The van der Waals surface area contributed by atoms with Crippen molar-refractivity contribution in [2.45, 2.75) is 51.5 Å². The number of fused-ring (bicyclic) bond motifs is 1. The lowest BCUT2D eigenvalue weighted by Crippen LogP contribution is -2.22. The number of rotatable bonds is 7. The summed E-state index contributed by atoms with van der Waals surface area (Å²) in [6.07, 6.45) is 4.66. The Morgan fingerprint density at radius 2 is 1.89 bits per heavy atom. The number of pyridine rings is 1. The van der Waals surface area contributed by atoms with E-state index in [0.717, 1.165) is 0 Å². The minimum absolute atomic E-state index is 0.0345. The molecular formula is C27H29FN4O4S. The molecule has 0 saturated heterocycles. The molecule has 2 heterocycles. The van der Waals surface area contributed by atoms with E-state index in [2.05, 4.69) is 15.4 Å². The molecule has 0 radical (unpaired) electrons. The molecule has 2 aromatic heterocycles. The third-order valence-corrected chi connectivity index (χ3v) is 7.69. The number of sulfone groups is 1. The van der Waals surface area contributed by atoms with E-state index in [9.17, 15) is 13.2 Å². The summed E-state index contributed by atoms with van der Waals surface area (Å²) in [7, 11) is -3.43. The molecule has 10 heteroatoms. The average molecular weight is 525 g/mol. The van der Waals surface area contributed by atoms with Gasteiger partial charge in [-0.25, -0.2) is 12.8 Å². The molecule has 2 aromatic carbocycles. The van der Waals surface area contributed by atoms with E-state index >= 15 is 4.39 Å². The van der Waals surface area contributed by atoms with E-state index in [1.54, 1.807) is 49.1 Å². The summed E-state index contributed by atoms with van der Waals surface area (Å²) < 4.78 is 47.7. The van der Waals surface area contributed by atoms with Gasteiger partial charge in [0.15, 0.2) is 9.84 Å². The lowest BCUT2D eigenvalue weighted by atomic mass is 10.1. The Kier molecular flexibility index (Phi) is 7.05. The van der Waals surface area contributed by atoms with Crippen LogP contribution >= 0.6 is 0 Å². The maximum absolute atomic E-state index is 15.2. The summed E-state index contributed by atoms with van der Waals surface area (Å²) in [5.74, 6) is -0.352. The van der Waals surface area contributed by atoms with E-state index in [1.165, 1.54) is 24.4 Å². The van der Waals surface area contributed by atoms with Crippen LogP contribution in [0.5, 0.6) is 11.5 Å². The van der Waals surface area contributed by atoms with Crippen LogP contribution in [0.4, 0.5) is 10.1 Å². The number of ether oxygens (including phenoxy) is 1. The molecule has 37 heavy (non-hydrogen) atoms. The van der Waals surface area contributed by atoms with E-state index in [4.69, 9.17) is 4.74 Å². The van der Waals surface area contributed by atoms with Crippen molar-refractivity contribution in [2.24, 2.45) is 0 Å². The van der Waals surface area contributed by atoms with Gasteiger partial charge in [-0.05, 0) is 63.6 Å². The second-order valence-corrected chi connectivity index (χ2v) is 12.0. The Hall–Kier alpha value is -3.79. The zero-order chi connectivity index (χ0) is 27.0. The highest BCUT2D eigenvalue weighted by atomic mass is 32.2. The number of nitrogens with one attached hydrogen (secondary N) is 1. The molecule has 1 amide bonds. The van der Waals surface area contributed by atoms with Crippen molar-refractivity contribution in [1.29, 1.82) is 0 Å². The highest BCUT2D eigenvalue weighted by molar-refractivity contribution is 7.91. The zero-order valence-corrected chi connectivity index (χ0v) is 22.2. The highest BCUT2D eigenvalue weighted by Gasteiger charge is 2.19. The normalized spacial score (nSPS) is 12.1. The first-order valence-electron chi connectivity index (χ1n) is 11.8. The number of carbonyl (C=O) groups is 1. The summed E-state index contributed by atoms with van der Waals surface area (Å²) in [5, 5.41) is 7.50. The van der Waals surface area contributed by atoms with Gasteiger partial charge in [0.05, 0.1) is 40.0 Å². The van der Waals surface area contributed by atoms with Gasteiger partial charge >= 0.3 is 0 Å². The monoisotopic (exact) mass is 524 g/mol. The molecule has 0 fully saturated rings. The largest absolute Gasteiger partial charge is 0.456 e. The number of hydrogen-bond donors (Lipinski definition) is 1. The van der Waals surface area contributed by atoms with Crippen LogP contribution in [0.25, 0.3) is 10.9 Å². The lowest BCUT2D eigenvalue weighted by Gasteiger charge is -2.18. The molecule has 0 unspecified atom stereocenters. The van der Waals surface area contributed by atoms with E-state index < -0.39 is 15.7 Å². The number of anilines is 1. The van der Waals surface area contributed by atoms with E-state index in [1.807, 2.05) is 20.8 Å². The Bertz CT molecular complexity index is 1590. The number of aromatic nitrogens is 3. The molecule has 8 nitrogen and oxygen atoms in total. The minimum Gasteiger partial charge on any atom is -0.456 e. The van der Waals surface area contributed by atoms with Crippen molar-refractivity contribution in [3.63, 3.8) is 0 Å². The number of nitrogens with zero attached hydrogens (tertiary/aromatic N) is 3. The fourth-order valence-electron chi connectivity index (χ4n) is 3.77. The second kappa shape index (κ2) is 9.93. The summed E-state index contributed by atoms with van der Waals surface area (Å²) >= 11 is 0. The zero-order valence-electron chi connectivity index (χ0n) is 21.4. The molecule has 4 rings (SSSR count). The molecule has 1 N–H and O–H groups in total. The smallest absolute Gasteiger partial charge is 0.228 e. The fourth-order valence-corrected chi connectivity index (χ4v) is 4.68. The Morgan fingerprint density at radius 1 is 1.14 bits per heavy atom. The van der Waals surface area contributed by atoms with Crippen molar-refractivity contribution >= 4 is 32.3 Å². The van der Waals surface area contributed by atoms with Crippen LogP contribution in [0.15, 0.2) is 59.9 Å². The quantitative estimate of drug-likeness (QED) is 0.347. The number of hydrogen-bond acceptors (Lipinski definition) is 6. The van der Waals surface area contributed by atoms with Crippen molar-refractivity contribution in [3.05, 3.63) is 71.9 Å².